The van der Waals surface area contributed by atoms with Crippen molar-refractivity contribution in [2.75, 3.05) is 5.75 Å². The maximum atomic E-state index is 10.7. The van der Waals surface area contributed by atoms with Gasteiger partial charge >= 0.3 is 0 Å². The molecule has 5 heteroatoms. The summed E-state index contributed by atoms with van der Waals surface area (Å²) >= 11 is 7.28. The normalized spacial score (nSPS) is 10.6. The number of benzene rings is 1. The molecule has 82 valence electrons. The minimum atomic E-state index is -0.330. The molecule has 2 N–H and O–H groups in total. The van der Waals surface area contributed by atoms with E-state index in [1.165, 1.54) is 11.8 Å². The maximum absolute atomic E-state index is 10.7. The standard InChI is InChI=1S/C11H9ClN2OS/c12-7-1-2-8-9(5-7)14-4-3-10(8)16-6-11(13)15/h1-5H,6H2,(H2,13,15). The Morgan fingerprint density at radius 3 is 3.00 bits per heavy atom. The fraction of sp³-hybridized carbons (Fsp3) is 0.0909. The number of aromatic nitrogens is 1. The second-order valence-corrected chi connectivity index (χ2v) is 4.68. The molecule has 0 radical (unpaired) electrons. The zero-order valence-electron chi connectivity index (χ0n) is 8.31. The van der Waals surface area contributed by atoms with Crippen LogP contribution >= 0.6 is 23.4 Å². The summed E-state index contributed by atoms with van der Waals surface area (Å²) in [7, 11) is 0. The minimum absolute atomic E-state index is 0.266. The number of rotatable bonds is 3. The van der Waals surface area contributed by atoms with Gasteiger partial charge in [-0.2, -0.15) is 0 Å². The molecule has 1 aromatic heterocycles. The molecule has 0 atom stereocenters. The molecule has 1 amide bonds. The summed E-state index contributed by atoms with van der Waals surface area (Å²) in [6, 6.07) is 7.36. The van der Waals surface area contributed by atoms with Crippen LogP contribution in [0.4, 0.5) is 0 Å². The number of hydrogen-bond donors (Lipinski definition) is 1. The zero-order valence-corrected chi connectivity index (χ0v) is 9.89. The fourth-order valence-electron chi connectivity index (χ4n) is 1.37. The number of primary amides is 1. The molecular weight excluding hydrogens is 244 g/mol. The number of halogens is 1. The van der Waals surface area contributed by atoms with Gasteiger partial charge in [0, 0.05) is 21.5 Å². The SMILES string of the molecule is NC(=O)CSc1ccnc2cc(Cl)ccc12. The summed E-state index contributed by atoms with van der Waals surface area (Å²) < 4.78 is 0. The van der Waals surface area contributed by atoms with Crippen molar-refractivity contribution in [2.45, 2.75) is 4.90 Å². The molecule has 1 aromatic carbocycles. The first-order chi connectivity index (χ1) is 7.66. The van der Waals surface area contributed by atoms with Gasteiger partial charge in [0.25, 0.3) is 0 Å². The first-order valence-corrected chi connectivity index (χ1v) is 5.98. The Kier molecular flexibility index (Phi) is 3.31. The number of nitrogens with two attached hydrogens (primary N) is 1. The topological polar surface area (TPSA) is 56.0 Å². The Hall–Kier alpha value is -1.26. The summed E-state index contributed by atoms with van der Waals surface area (Å²) in [5.41, 5.74) is 5.93. The molecule has 0 fully saturated rings. The lowest BCUT2D eigenvalue weighted by atomic mass is 10.2. The van der Waals surface area contributed by atoms with Crippen LogP contribution in [0, 0.1) is 0 Å². The molecule has 2 rings (SSSR count). The van der Waals surface area contributed by atoms with Crippen LogP contribution in [0.15, 0.2) is 35.4 Å². The van der Waals surface area contributed by atoms with Crippen molar-refractivity contribution in [1.82, 2.24) is 4.98 Å². The van der Waals surface area contributed by atoms with E-state index in [0.29, 0.717) is 5.02 Å². The van der Waals surface area contributed by atoms with Gasteiger partial charge in [-0.05, 0) is 18.2 Å². The van der Waals surface area contributed by atoms with Gasteiger partial charge in [-0.1, -0.05) is 17.7 Å². The Morgan fingerprint density at radius 1 is 1.44 bits per heavy atom. The van der Waals surface area contributed by atoms with Gasteiger partial charge < -0.3 is 5.73 Å². The fourth-order valence-corrected chi connectivity index (χ4v) is 2.32. The highest BCUT2D eigenvalue weighted by atomic mass is 35.5. The second-order valence-electron chi connectivity index (χ2n) is 3.23. The van der Waals surface area contributed by atoms with Gasteiger partial charge in [0.15, 0.2) is 0 Å². The lowest BCUT2D eigenvalue weighted by Gasteiger charge is -2.04. The van der Waals surface area contributed by atoms with Crippen LogP contribution in [0.2, 0.25) is 5.02 Å². The largest absolute Gasteiger partial charge is 0.369 e. The molecule has 0 aliphatic heterocycles. The number of nitrogens with zero attached hydrogens (tertiary/aromatic N) is 1. The third kappa shape index (κ3) is 2.46. The molecular formula is C11H9ClN2OS. The van der Waals surface area contributed by atoms with Gasteiger partial charge in [-0.25, -0.2) is 0 Å². The monoisotopic (exact) mass is 252 g/mol. The number of pyridine rings is 1. The Labute approximate surface area is 102 Å². The van der Waals surface area contributed by atoms with Crippen LogP contribution in [-0.4, -0.2) is 16.6 Å². The van der Waals surface area contributed by atoms with E-state index >= 15 is 0 Å². The number of carbonyl (C=O) groups is 1. The molecule has 0 saturated carbocycles. The summed E-state index contributed by atoms with van der Waals surface area (Å²) in [5.74, 6) is -0.0641. The molecule has 1 heterocycles. The third-order valence-corrected chi connectivity index (χ3v) is 3.37. The summed E-state index contributed by atoms with van der Waals surface area (Å²) in [6.07, 6.45) is 1.70. The van der Waals surface area contributed by atoms with Crippen LogP contribution < -0.4 is 5.73 Å². The van der Waals surface area contributed by atoms with Crippen molar-refractivity contribution < 1.29 is 4.79 Å². The van der Waals surface area contributed by atoms with Crippen LogP contribution in [0.3, 0.4) is 0 Å². The van der Waals surface area contributed by atoms with E-state index < -0.39 is 0 Å². The smallest absolute Gasteiger partial charge is 0.227 e. The lowest BCUT2D eigenvalue weighted by molar-refractivity contribution is -0.115. The second kappa shape index (κ2) is 4.72. The van der Waals surface area contributed by atoms with Crippen molar-refractivity contribution in [1.29, 1.82) is 0 Å². The van der Waals surface area contributed by atoms with E-state index in [1.54, 1.807) is 18.3 Å². The van der Waals surface area contributed by atoms with E-state index in [0.717, 1.165) is 15.8 Å². The van der Waals surface area contributed by atoms with Crippen molar-refractivity contribution >= 4 is 40.2 Å². The minimum Gasteiger partial charge on any atom is -0.369 e. The Morgan fingerprint density at radius 2 is 2.25 bits per heavy atom. The highest BCUT2D eigenvalue weighted by Gasteiger charge is 2.04. The molecule has 3 nitrogen and oxygen atoms in total. The molecule has 0 unspecified atom stereocenters. The Bertz CT molecular complexity index is 544. The van der Waals surface area contributed by atoms with Crippen LogP contribution in [0.5, 0.6) is 0 Å². The molecule has 16 heavy (non-hydrogen) atoms. The van der Waals surface area contributed by atoms with Gasteiger partial charge in [0.1, 0.15) is 0 Å². The zero-order chi connectivity index (χ0) is 11.5. The van der Waals surface area contributed by atoms with Crippen LogP contribution in [0.25, 0.3) is 10.9 Å². The number of amides is 1. The molecule has 0 spiro atoms. The summed E-state index contributed by atoms with van der Waals surface area (Å²) in [5, 5.41) is 1.63. The summed E-state index contributed by atoms with van der Waals surface area (Å²) in [6.45, 7) is 0. The van der Waals surface area contributed by atoms with Crippen molar-refractivity contribution in [3.8, 4) is 0 Å². The Balaban J connectivity index is 2.41. The van der Waals surface area contributed by atoms with Gasteiger partial charge in [0.2, 0.25) is 5.91 Å². The van der Waals surface area contributed by atoms with Gasteiger partial charge in [-0.15, -0.1) is 11.8 Å². The van der Waals surface area contributed by atoms with E-state index in [9.17, 15) is 4.79 Å². The van der Waals surface area contributed by atoms with Gasteiger partial charge in [0.05, 0.1) is 11.3 Å². The summed E-state index contributed by atoms with van der Waals surface area (Å²) in [4.78, 5) is 15.9. The number of thioether (sulfide) groups is 1. The molecule has 0 aliphatic carbocycles. The maximum Gasteiger partial charge on any atom is 0.227 e. The van der Waals surface area contributed by atoms with Crippen LogP contribution in [0.1, 0.15) is 0 Å². The van der Waals surface area contributed by atoms with Crippen molar-refractivity contribution in [3.63, 3.8) is 0 Å². The quantitative estimate of drug-likeness (QED) is 0.854. The molecule has 0 bridgehead atoms. The van der Waals surface area contributed by atoms with Crippen molar-refractivity contribution in [3.05, 3.63) is 35.5 Å². The highest BCUT2D eigenvalue weighted by molar-refractivity contribution is 8.00. The first-order valence-electron chi connectivity index (χ1n) is 4.62. The third-order valence-electron chi connectivity index (χ3n) is 2.03. The average Bonchev–Trinajstić information content (AvgIpc) is 2.25. The average molecular weight is 253 g/mol. The van der Waals surface area contributed by atoms with E-state index in [4.69, 9.17) is 17.3 Å². The lowest BCUT2D eigenvalue weighted by Crippen LogP contribution is -2.12. The predicted octanol–water partition coefficient (Wildman–Crippen LogP) is 2.47. The van der Waals surface area contributed by atoms with Crippen LogP contribution in [-0.2, 0) is 4.79 Å². The predicted molar refractivity (Wildman–Crippen MR) is 66.7 cm³/mol. The van der Waals surface area contributed by atoms with Gasteiger partial charge in [-0.3, -0.25) is 9.78 Å². The number of fused-ring (bicyclic) bond motifs is 1. The number of carbonyl (C=O) groups excluding carboxylic acids is 1. The molecule has 0 aliphatic rings. The van der Waals surface area contributed by atoms with E-state index in [1.807, 2.05) is 12.1 Å². The first kappa shape index (κ1) is 11.2. The van der Waals surface area contributed by atoms with Crippen molar-refractivity contribution in [2.24, 2.45) is 5.73 Å². The number of hydrogen-bond acceptors (Lipinski definition) is 3. The molecule has 2 aromatic rings. The van der Waals surface area contributed by atoms with E-state index in [-0.39, 0.29) is 11.7 Å². The molecule has 0 saturated heterocycles. The van der Waals surface area contributed by atoms with E-state index in [2.05, 4.69) is 4.98 Å². The highest BCUT2D eigenvalue weighted by Crippen LogP contribution is 2.27.